The summed E-state index contributed by atoms with van der Waals surface area (Å²) in [4.78, 5) is -0.219. The Morgan fingerprint density at radius 1 is 1.17 bits per heavy atom. The highest BCUT2D eigenvalue weighted by Gasteiger charge is 2.32. The lowest BCUT2D eigenvalue weighted by molar-refractivity contribution is -0.137. The van der Waals surface area contributed by atoms with Crippen molar-refractivity contribution in [3.8, 4) is 0 Å². The lowest BCUT2D eigenvalue weighted by Crippen LogP contribution is -2.51. The second kappa shape index (κ2) is 7.83. The predicted octanol–water partition coefficient (Wildman–Crippen LogP) is 3.17. The van der Waals surface area contributed by atoms with Crippen molar-refractivity contribution in [2.45, 2.75) is 43.8 Å². The Bertz CT molecular complexity index is 603. The maximum absolute atomic E-state index is 12.5. The summed E-state index contributed by atoms with van der Waals surface area (Å²) >= 11 is 0. The van der Waals surface area contributed by atoms with E-state index < -0.39 is 27.3 Å². The Morgan fingerprint density at radius 3 is 2.00 bits per heavy atom. The second-order valence-corrected chi connectivity index (χ2v) is 7.67. The summed E-state index contributed by atoms with van der Waals surface area (Å²) in [6.45, 7) is 5.63. The van der Waals surface area contributed by atoms with Crippen molar-refractivity contribution in [1.82, 2.24) is 4.72 Å². The van der Waals surface area contributed by atoms with Crippen LogP contribution in [0.15, 0.2) is 29.2 Å². The Hall–Kier alpha value is -0.830. The summed E-state index contributed by atoms with van der Waals surface area (Å²) in [5, 5.41) is 0. The molecule has 0 aliphatic carbocycles. The molecule has 9 heteroatoms. The highest BCUT2D eigenvalue weighted by molar-refractivity contribution is 7.89. The molecule has 1 unspecified atom stereocenters. The van der Waals surface area contributed by atoms with E-state index in [4.69, 9.17) is 5.73 Å². The van der Waals surface area contributed by atoms with Gasteiger partial charge < -0.3 is 5.73 Å². The van der Waals surface area contributed by atoms with Crippen molar-refractivity contribution in [3.05, 3.63) is 29.8 Å². The van der Waals surface area contributed by atoms with E-state index >= 15 is 0 Å². The highest BCUT2D eigenvalue weighted by atomic mass is 35.5. The second-order valence-electron chi connectivity index (χ2n) is 5.99. The van der Waals surface area contributed by atoms with Gasteiger partial charge in [-0.25, -0.2) is 13.1 Å². The molecule has 0 heterocycles. The largest absolute Gasteiger partial charge is 0.416 e. The molecule has 0 fully saturated rings. The van der Waals surface area contributed by atoms with Crippen LogP contribution in [0.5, 0.6) is 0 Å². The maximum Gasteiger partial charge on any atom is 0.416 e. The van der Waals surface area contributed by atoms with E-state index in [0.29, 0.717) is 6.42 Å². The molecule has 1 aromatic carbocycles. The average molecular weight is 375 g/mol. The number of benzene rings is 1. The smallest absolute Gasteiger partial charge is 0.329 e. The number of hydrogen-bond donors (Lipinski definition) is 2. The minimum atomic E-state index is -4.50. The van der Waals surface area contributed by atoms with Crippen LogP contribution in [-0.4, -0.2) is 20.5 Å². The first kappa shape index (κ1) is 22.2. The molecule has 0 aliphatic rings. The summed E-state index contributed by atoms with van der Waals surface area (Å²) in [7, 11) is -3.94. The fraction of sp³-hybridized carbons (Fsp3) is 0.571. The first-order chi connectivity index (χ1) is 9.89. The fourth-order valence-corrected chi connectivity index (χ4v) is 3.70. The molecule has 1 atom stereocenters. The molecule has 0 aliphatic heterocycles. The molecule has 0 amide bonds. The zero-order chi connectivity index (χ0) is 17.2. The number of halogens is 4. The zero-order valence-corrected chi connectivity index (χ0v) is 14.8. The van der Waals surface area contributed by atoms with E-state index in [1.807, 2.05) is 13.8 Å². The lowest BCUT2D eigenvalue weighted by atomic mass is 9.92. The van der Waals surface area contributed by atoms with Crippen LogP contribution in [0.25, 0.3) is 0 Å². The number of nitrogens with two attached hydrogens (primary N) is 1. The van der Waals surface area contributed by atoms with E-state index in [2.05, 4.69) is 4.72 Å². The predicted molar refractivity (Wildman–Crippen MR) is 85.9 cm³/mol. The van der Waals surface area contributed by atoms with Crippen molar-refractivity contribution in [2.24, 2.45) is 11.7 Å². The van der Waals surface area contributed by atoms with Gasteiger partial charge in [-0.1, -0.05) is 13.8 Å². The van der Waals surface area contributed by atoms with Gasteiger partial charge in [-0.15, -0.1) is 12.4 Å². The maximum atomic E-state index is 12.5. The standard InChI is InChI=1S/C14H21F3N2O2S.ClH/c1-10(2)8-13(3,9-18)19-22(20,21)12-6-4-11(5-7-12)14(15,16)17;/h4-7,10,19H,8-9,18H2,1-3H3;1H. The molecule has 0 radical (unpaired) electrons. The van der Waals surface area contributed by atoms with Crippen LogP contribution in [-0.2, 0) is 16.2 Å². The van der Waals surface area contributed by atoms with Gasteiger partial charge in [-0.05, 0) is 43.5 Å². The summed E-state index contributed by atoms with van der Waals surface area (Å²) in [6.07, 6.45) is -3.98. The van der Waals surface area contributed by atoms with E-state index in [-0.39, 0.29) is 29.8 Å². The number of sulfonamides is 1. The molecule has 134 valence electrons. The van der Waals surface area contributed by atoms with E-state index in [9.17, 15) is 21.6 Å². The normalized spacial score (nSPS) is 15.1. The molecule has 0 aromatic heterocycles. The Labute approximate surface area is 141 Å². The molecule has 0 spiro atoms. The van der Waals surface area contributed by atoms with Gasteiger partial charge in [0.15, 0.2) is 0 Å². The molecule has 0 bridgehead atoms. The molecular formula is C14H22ClF3N2O2S. The van der Waals surface area contributed by atoms with Crippen LogP contribution in [0.2, 0.25) is 0 Å². The summed E-state index contributed by atoms with van der Waals surface area (Å²) in [5.41, 5.74) is 3.90. The fourth-order valence-electron chi connectivity index (χ4n) is 2.27. The Morgan fingerprint density at radius 2 is 1.65 bits per heavy atom. The topological polar surface area (TPSA) is 72.2 Å². The monoisotopic (exact) mass is 374 g/mol. The molecule has 3 N–H and O–H groups in total. The molecule has 1 aromatic rings. The van der Waals surface area contributed by atoms with Crippen LogP contribution < -0.4 is 10.5 Å². The minimum absolute atomic E-state index is 0. The van der Waals surface area contributed by atoms with E-state index in [0.717, 1.165) is 24.3 Å². The first-order valence-corrected chi connectivity index (χ1v) is 8.29. The van der Waals surface area contributed by atoms with Crippen molar-refractivity contribution in [1.29, 1.82) is 0 Å². The van der Waals surface area contributed by atoms with Gasteiger partial charge >= 0.3 is 6.18 Å². The van der Waals surface area contributed by atoms with Crippen molar-refractivity contribution < 1.29 is 21.6 Å². The minimum Gasteiger partial charge on any atom is -0.329 e. The number of nitrogens with one attached hydrogen (secondary N) is 1. The third-order valence-corrected chi connectivity index (χ3v) is 4.84. The van der Waals surface area contributed by atoms with Crippen LogP contribution >= 0.6 is 12.4 Å². The molecule has 4 nitrogen and oxygen atoms in total. The summed E-state index contributed by atoms with van der Waals surface area (Å²) in [6, 6.07) is 3.38. The van der Waals surface area contributed by atoms with Gasteiger partial charge in [-0.2, -0.15) is 13.2 Å². The van der Waals surface area contributed by atoms with Gasteiger partial charge in [0.05, 0.1) is 10.5 Å². The van der Waals surface area contributed by atoms with Gasteiger partial charge in [0.25, 0.3) is 0 Å². The SMILES string of the molecule is CC(C)CC(C)(CN)NS(=O)(=O)c1ccc(C(F)(F)F)cc1.Cl. The van der Waals surface area contributed by atoms with Crippen LogP contribution in [0.1, 0.15) is 32.8 Å². The number of alkyl halides is 3. The molecule has 0 saturated carbocycles. The first-order valence-electron chi connectivity index (χ1n) is 6.81. The number of rotatable bonds is 6. The molecule has 23 heavy (non-hydrogen) atoms. The van der Waals surface area contributed by atoms with Gasteiger partial charge in [-0.3, -0.25) is 0 Å². The van der Waals surface area contributed by atoms with Crippen molar-refractivity contribution >= 4 is 22.4 Å². The highest BCUT2D eigenvalue weighted by Crippen LogP contribution is 2.30. The third-order valence-electron chi connectivity index (χ3n) is 3.18. The third kappa shape index (κ3) is 6.29. The van der Waals surface area contributed by atoms with Crippen LogP contribution in [0, 0.1) is 5.92 Å². The van der Waals surface area contributed by atoms with Crippen molar-refractivity contribution in [2.75, 3.05) is 6.54 Å². The number of hydrogen-bond acceptors (Lipinski definition) is 3. The Balaban J connectivity index is 0.00000484. The lowest BCUT2D eigenvalue weighted by Gasteiger charge is -2.30. The van der Waals surface area contributed by atoms with Gasteiger partial charge in [0.2, 0.25) is 10.0 Å². The van der Waals surface area contributed by atoms with E-state index in [1.165, 1.54) is 0 Å². The molecule has 0 saturated heterocycles. The van der Waals surface area contributed by atoms with Crippen molar-refractivity contribution in [3.63, 3.8) is 0 Å². The summed E-state index contributed by atoms with van der Waals surface area (Å²) < 4.78 is 64.6. The quantitative estimate of drug-likeness (QED) is 0.803. The molecular weight excluding hydrogens is 353 g/mol. The average Bonchev–Trinajstić information content (AvgIpc) is 2.36. The Kier molecular flexibility index (Phi) is 7.55. The van der Waals surface area contributed by atoms with Crippen LogP contribution in [0.4, 0.5) is 13.2 Å². The van der Waals surface area contributed by atoms with Gasteiger partial charge in [0.1, 0.15) is 0 Å². The van der Waals surface area contributed by atoms with Crippen LogP contribution in [0.3, 0.4) is 0 Å². The summed E-state index contributed by atoms with van der Waals surface area (Å²) in [5.74, 6) is 0.212. The van der Waals surface area contributed by atoms with Gasteiger partial charge in [0, 0.05) is 12.1 Å². The molecule has 1 rings (SSSR count). The van der Waals surface area contributed by atoms with E-state index in [1.54, 1.807) is 6.92 Å². The zero-order valence-electron chi connectivity index (χ0n) is 13.1.